The normalized spacial score (nSPS) is 14.6. The highest BCUT2D eigenvalue weighted by atomic mass is 32.2. The van der Waals surface area contributed by atoms with Crippen LogP contribution in [0.15, 0.2) is 126 Å². The molecule has 0 fully saturated rings. The Balaban J connectivity index is 1.51. The van der Waals surface area contributed by atoms with Crippen LogP contribution in [-0.2, 0) is 16.6 Å². The van der Waals surface area contributed by atoms with Gasteiger partial charge in [0.05, 0.1) is 22.8 Å². The largest absolute Gasteiger partial charge is 0.494 e. The molecule has 0 bridgehead atoms. The first-order chi connectivity index (χ1) is 21.7. The average molecular weight is 618 g/mol. The maximum atomic E-state index is 14.6. The SMILES string of the molecule is CCOc1ccc(N2C(=O)c3cc(S(=O)(=O)Nc4ccc(C)cc4)ccc3N(Cc3ccccc3)[C@@H]2c2cccc(C)c2)cc1. The van der Waals surface area contributed by atoms with Crippen molar-refractivity contribution in [2.45, 2.75) is 38.4 Å². The molecule has 1 heterocycles. The van der Waals surface area contributed by atoms with Gasteiger partial charge in [-0.05, 0) is 86.5 Å². The fraction of sp³-hybridized carbons (Fsp3) is 0.162. The van der Waals surface area contributed by atoms with Crippen LogP contribution in [0, 0.1) is 13.8 Å². The van der Waals surface area contributed by atoms with Gasteiger partial charge in [0.25, 0.3) is 15.9 Å². The molecule has 228 valence electrons. The fourth-order valence-electron chi connectivity index (χ4n) is 5.69. The van der Waals surface area contributed by atoms with Crippen molar-refractivity contribution in [3.8, 4) is 5.75 Å². The van der Waals surface area contributed by atoms with Crippen LogP contribution in [0.3, 0.4) is 0 Å². The molecule has 0 unspecified atom stereocenters. The zero-order valence-electron chi connectivity index (χ0n) is 25.5. The Bertz CT molecular complexity index is 1930. The van der Waals surface area contributed by atoms with E-state index in [1.54, 1.807) is 29.2 Å². The van der Waals surface area contributed by atoms with Crippen molar-refractivity contribution in [3.05, 3.63) is 149 Å². The maximum Gasteiger partial charge on any atom is 0.262 e. The number of benzene rings is 5. The van der Waals surface area contributed by atoms with Gasteiger partial charge in [0.2, 0.25) is 0 Å². The number of aryl methyl sites for hydroxylation is 2. The van der Waals surface area contributed by atoms with E-state index in [-0.39, 0.29) is 10.8 Å². The van der Waals surface area contributed by atoms with Crippen molar-refractivity contribution in [2.24, 2.45) is 0 Å². The molecule has 1 N–H and O–H groups in total. The molecule has 1 amide bonds. The summed E-state index contributed by atoms with van der Waals surface area (Å²) in [5.74, 6) is 0.410. The zero-order valence-corrected chi connectivity index (χ0v) is 26.3. The topological polar surface area (TPSA) is 78.9 Å². The minimum atomic E-state index is -3.98. The third-order valence-electron chi connectivity index (χ3n) is 7.84. The molecule has 45 heavy (non-hydrogen) atoms. The van der Waals surface area contributed by atoms with Gasteiger partial charge < -0.3 is 9.64 Å². The van der Waals surface area contributed by atoms with E-state index in [1.807, 2.05) is 93.6 Å². The number of carbonyl (C=O) groups is 1. The van der Waals surface area contributed by atoms with E-state index in [1.165, 1.54) is 6.07 Å². The van der Waals surface area contributed by atoms with Crippen LogP contribution in [0.1, 0.15) is 45.7 Å². The van der Waals surface area contributed by atoms with Gasteiger partial charge in [-0.1, -0.05) is 77.9 Å². The van der Waals surface area contributed by atoms with Crippen molar-refractivity contribution >= 4 is 33.0 Å². The van der Waals surface area contributed by atoms with Crippen molar-refractivity contribution in [2.75, 3.05) is 21.1 Å². The van der Waals surface area contributed by atoms with Crippen LogP contribution in [0.4, 0.5) is 17.1 Å². The van der Waals surface area contributed by atoms with E-state index in [9.17, 15) is 13.2 Å². The standard InChI is InChI=1S/C37H35N3O4S/c1-4-44-32-19-17-31(18-20-32)40-36(29-12-8-9-27(3)23-29)39(25-28-10-6-5-7-11-28)35-22-21-33(24-34(35)37(40)41)45(42,43)38-30-15-13-26(2)14-16-30/h5-24,36,38H,4,25H2,1-3H3/t36-/m0/s1. The van der Waals surface area contributed by atoms with Gasteiger partial charge in [-0.3, -0.25) is 14.4 Å². The monoisotopic (exact) mass is 617 g/mol. The lowest BCUT2D eigenvalue weighted by atomic mass is 9.98. The molecule has 5 aromatic carbocycles. The molecule has 0 radical (unpaired) electrons. The summed E-state index contributed by atoms with van der Waals surface area (Å²) >= 11 is 0. The molecule has 0 aromatic heterocycles. The molecular formula is C37H35N3O4S. The highest BCUT2D eigenvalue weighted by Gasteiger charge is 2.40. The molecule has 0 saturated carbocycles. The Morgan fingerprint density at radius 3 is 2.20 bits per heavy atom. The molecule has 6 rings (SSSR count). The van der Waals surface area contributed by atoms with Gasteiger partial charge in [-0.2, -0.15) is 0 Å². The van der Waals surface area contributed by atoms with Gasteiger partial charge >= 0.3 is 0 Å². The second-order valence-electron chi connectivity index (χ2n) is 11.2. The van der Waals surface area contributed by atoms with Crippen LogP contribution >= 0.6 is 0 Å². The second-order valence-corrected chi connectivity index (χ2v) is 12.8. The quantitative estimate of drug-likeness (QED) is 0.182. The Kier molecular flexibility index (Phi) is 8.32. The number of hydrogen-bond acceptors (Lipinski definition) is 5. The predicted molar refractivity (Wildman–Crippen MR) is 179 cm³/mol. The molecule has 1 aliphatic rings. The summed E-state index contributed by atoms with van der Waals surface area (Å²) in [6.45, 7) is 6.91. The first-order valence-electron chi connectivity index (χ1n) is 14.9. The number of carbonyl (C=O) groups excluding carboxylic acids is 1. The molecule has 0 saturated heterocycles. The van der Waals surface area contributed by atoms with Gasteiger partial charge in [0, 0.05) is 17.9 Å². The zero-order chi connectivity index (χ0) is 31.6. The molecular weight excluding hydrogens is 582 g/mol. The molecule has 0 spiro atoms. The Morgan fingerprint density at radius 2 is 1.51 bits per heavy atom. The number of hydrogen-bond donors (Lipinski definition) is 1. The summed E-state index contributed by atoms with van der Waals surface area (Å²) in [7, 11) is -3.98. The van der Waals surface area contributed by atoms with E-state index in [2.05, 4.69) is 27.8 Å². The number of nitrogens with one attached hydrogen (secondary N) is 1. The minimum absolute atomic E-state index is 0.00971. The van der Waals surface area contributed by atoms with Gasteiger partial charge in [0.15, 0.2) is 0 Å². The highest BCUT2D eigenvalue weighted by molar-refractivity contribution is 7.92. The van der Waals surface area contributed by atoms with Crippen molar-refractivity contribution < 1.29 is 17.9 Å². The lowest BCUT2D eigenvalue weighted by molar-refractivity contribution is 0.0968. The third-order valence-corrected chi connectivity index (χ3v) is 9.22. The van der Waals surface area contributed by atoms with Crippen molar-refractivity contribution in [3.63, 3.8) is 0 Å². The summed E-state index contributed by atoms with van der Waals surface area (Å²) in [4.78, 5) is 18.5. The number of fused-ring (bicyclic) bond motifs is 1. The van der Waals surface area contributed by atoms with Gasteiger partial charge in [-0.15, -0.1) is 0 Å². The number of sulfonamides is 1. The Labute approximate surface area is 264 Å². The summed E-state index contributed by atoms with van der Waals surface area (Å²) in [6, 6.07) is 37.6. The third kappa shape index (κ3) is 6.28. The number of amides is 1. The molecule has 8 heteroatoms. The predicted octanol–water partition coefficient (Wildman–Crippen LogP) is 7.87. The van der Waals surface area contributed by atoms with Crippen molar-refractivity contribution in [1.82, 2.24) is 0 Å². The summed E-state index contributed by atoms with van der Waals surface area (Å²) in [5, 5.41) is 0. The highest BCUT2D eigenvalue weighted by Crippen LogP contribution is 2.43. The molecule has 0 aliphatic carbocycles. The molecule has 1 atom stereocenters. The summed E-state index contributed by atoms with van der Waals surface area (Å²) in [5.41, 5.74) is 6.17. The van der Waals surface area contributed by atoms with E-state index in [0.717, 1.165) is 22.3 Å². The number of nitrogens with zero attached hydrogens (tertiary/aromatic N) is 2. The van der Waals surface area contributed by atoms with Crippen LogP contribution in [0.5, 0.6) is 5.75 Å². The molecule has 7 nitrogen and oxygen atoms in total. The molecule has 1 aliphatic heterocycles. The van der Waals surface area contributed by atoms with E-state index < -0.39 is 16.2 Å². The maximum absolute atomic E-state index is 14.6. The number of anilines is 3. The summed E-state index contributed by atoms with van der Waals surface area (Å²) < 4.78 is 35.5. The minimum Gasteiger partial charge on any atom is -0.494 e. The first-order valence-corrected chi connectivity index (χ1v) is 16.4. The van der Waals surface area contributed by atoms with E-state index in [0.29, 0.717) is 41.5 Å². The number of rotatable bonds is 9. The van der Waals surface area contributed by atoms with Crippen LogP contribution in [0.25, 0.3) is 0 Å². The lowest BCUT2D eigenvalue weighted by Gasteiger charge is -2.46. The van der Waals surface area contributed by atoms with Gasteiger partial charge in [-0.25, -0.2) is 8.42 Å². The Hall–Kier alpha value is -5.08. The Morgan fingerprint density at radius 1 is 0.778 bits per heavy atom. The smallest absolute Gasteiger partial charge is 0.262 e. The summed E-state index contributed by atoms with van der Waals surface area (Å²) in [6.07, 6.45) is -0.504. The van der Waals surface area contributed by atoms with Crippen LogP contribution in [0.2, 0.25) is 0 Å². The first kappa shape index (κ1) is 30.0. The molecule has 5 aromatic rings. The van der Waals surface area contributed by atoms with E-state index >= 15 is 0 Å². The average Bonchev–Trinajstić information content (AvgIpc) is 3.04. The van der Waals surface area contributed by atoms with Gasteiger partial charge in [0.1, 0.15) is 11.9 Å². The fourth-order valence-corrected chi connectivity index (χ4v) is 6.78. The van der Waals surface area contributed by atoms with Crippen LogP contribution in [-0.4, -0.2) is 20.9 Å². The lowest BCUT2D eigenvalue weighted by Crippen LogP contribution is -2.49. The van der Waals surface area contributed by atoms with E-state index in [4.69, 9.17) is 4.74 Å². The second kappa shape index (κ2) is 12.5. The number of ether oxygens (including phenoxy) is 1. The van der Waals surface area contributed by atoms with Crippen LogP contribution < -0.4 is 19.3 Å². The van der Waals surface area contributed by atoms with Crippen molar-refractivity contribution in [1.29, 1.82) is 0 Å².